The third-order valence-electron chi connectivity index (χ3n) is 5.20. The van der Waals surface area contributed by atoms with Crippen LogP contribution in [-0.4, -0.2) is 46.1 Å². The van der Waals surface area contributed by atoms with Crippen LogP contribution in [-0.2, 0) is 5.41 Å². The van der Waals surface area contributed by atoms with Crippen LogP contribution in [0.3, 0.4) is 0 Å². The molecule has 1 fully saturated rings. The molecule has 9 heteroatoms. The first-order valence-electron chi connectivity index (χ1n) is 10.2. The smallest absolute Gasteiger partial charge is 0.233 e. The van der Waals surface area contributed by atoms with E-state index < -0.39 is 0 Å². The number of pyridine rings is 1. The van der Waals surface area contributed by atoms with Crippen LogP contribution in [0.15, 0.2) is 42.6 Å². The Morgan fingerprint density at radius 3 is 2.26 bits per heavy atom. The highest BCUT2D eigenvalue weighted by molar-refractivity contribution is 6.28. The second kappa shape index (κ2) is 8.63. The van der Waals surface area contributed by atoms with E-state index in [1.54, 1.807) is 12.3 Å². The average Bonchev–Trinajstić information content (AvgIpc) is 2.74. The molecule has 0 bridgehead atoms. The highest BCUT2D eigenvalue weighted by Crippen LogP contribution is 2.25. The Morgan fingerprint density at radius 1 is 0.935 bits per heavy atom. The maximum absolute atomic E-state index is 14.0. The van der Waals surface area contributed by atoms with E-state index in [1.807, 2.05) is 21.9 Å². The number of hydrogen-bond acceptors (Lipinski definition) is 7. The summed E-state index contributed by atoms with van der Waals surface area (Å²) < 4.78 is 14.0. The molecule has 0 atom stereocenters. The molecule has 0 unspecified atom stereocenters. The SMILES string of the molecule is CC(C)(C)c1ccc(Nc2nc(Cl)nc(N3CCN(c4ncccc4F)CC3)n2)cc1. The summed E-state index contributed by atoms with van der Waals surface area (Å²) in [4.78, 5) is 21.1. The summed E-state index contributed by atoms with van der Waals surface area (Å²) in [5, 5.41) is 3.32. The maximum Gasteiger partial charge on any atom is 0.233 e. The fourth-order valence-corrected chi connectivity index (χ4v) is 3.60. The zero-order valence-corrected chi connectivity index (χ0v) is 18.6. The van der Waals surface area contributed by atoms with Gasteiger partial charge in [0.15, 0.2) is 11.6 Å². The largest absolute Gasteiger partial charge is 0.351 e. The van der Waals surface area contributed by atoms with Crippen molar-refractivity contribution in [2.24, 2.45) is 0 Å². The Labute approximate surface area is 186 Å². The lowest BCUT2D eigenvalue weighted by Crippen LogP contribution is -2.47. The minimum absolute atomic E-state index is 0.0858. The average molecular weight is 442 g/mol. The number of halogens is 2. The Balaban J connectivity index is 1.45. The van der Waals surface area contributed by atoms with Gasteiger partial charge in [0, 0.05) is 38.1 Å². The van der Waals surface area contributed by atoms with E-state index in [1.165, 1.54) is 11.6 Å². The molecule has 1 aromatic carbocycles. The van der Waals surface area contributed by atoms with E-state index in [4.69, 9.17) is 11.6 Å². The summed E-state index contributed by atoms with van der Waals surface area (Å²) in [6.07, 6.45) is 1.60. The summed E-state index contributed by atoms with van der Waals surface area (Å²) in [6.45, 7) is 8.98. The number of piperazine rings is 1. The Kier molecular flexibility index (Phi) is 5.91. The maximum atomic E-state index is 14.0. The quantitative estimate of drug-likeness (QED) is 0.642. The van der Waals surface area contributed by atoms with Crippen LogP contribution in [0.4, 0.5) is 27.8 Å². The molecule has 0 aliphatic carbocycles. The second-order valence-corrected chi connectivity index (χ2v) is 8.80. The zero-order valence-electron chi connectivity index (χ0n) is 17.8. The van der Waals surface area contributed by atoms with Crippen LogP contribution in [0, 0.1) is 5.82 Å². The van der Waals surface area contributed by atoms with Crippen LogP contribution in [0.5, 0.6) is 0 Å². The highest BCUT2D eigenvalue weighted by atomic mass is 35.5. The van der Waals surface area contributed by atoms with Crippen LogP contribution in [0.25, 0.3) is 0 Å². The second-order valence-electron chi connectivity index (χ2n) is 8.46. The van der Waals surface area contributed by atoms with Gasteiger partial charge in [0.05, 0.1) is 0 Å². The predicted octanol–water partition coefficient (Wildman–Crippen LogP) is 4.43. The van der Waals surface area contributed by atoms with E-state index in [9.17, 15) is 4.39 Å². The molecule has 1 saturated heterocycles. The predicted molar refractivity (Wildman–Crippen MR) is 122 cm³/mol. The Bertz CT molecular complexity index is 1040. The van der Waals surface area contributed by atoms with Gasteiger partial charge in [-0.3, -0.25) is 0 Å². The number of anilines is 4. The summed E-state index contributed by atoms with van der Waals surface area (Å²) in [5.74, 6) is 0.937. The summed E-state index contributed by atoms with van der Waals surface area (Å²) in [6, 6.07) is 11.2. The highest BCUT2D eigenvalue weighted by Gasteiger charge is 2.23. The number of hydrogen-bond donors (Lipinski definition) is 1. The van der Waals surface area contributed by atoms with Gasteiger partial charge in [0.2, 0.25) is 17.2 Å². The van der Waals surface area contributed by atoms with Crippen molar-refractivity contribution < 1.29 is 4.39 Å². The molecule has 2 aromatic heterocycles. The number of aromatic nitrogens is 4. The molecule has 1 N–H and O–H groups in total. The monoisotopic (exact) mass is 441 g/mol. The van der Waals surface area contributed by atoms with Crippen molar-refractivity contribution in [1.29, 1.82) is 0 Å². The fourth-order valence-electron chi connectivity index (χ4n) is 3.45. The minimum Gasteiger partial charge on any atom is -0.351 e. The number of nitrogens with one attached hydrogen (secondary N) is 1. The number of benzene rings is 1. The lowest BCUT2D eigenvalue weighted by molar-refractivity contribution is 0.584. The van der Waals surface area contributed by atoms with Gasteiger partial charge in [-0.25, -0.2) is 9.37 Å². The normalized spacial score (nSPS) is 14.6. The lowest BCUT2D eigenvalue weighted by Gasteiger charge is -2.35. The van der Waals surface area contributed by atoms with Gasteiger partial charge in [0.25, 0.3) is 0 Å². The van der Waals surface area contributed by atoms with Crippen molar-refractivity contribution in [3.8, 4) is 0 Å². The first-order valence-corrected chi connectivity index (χ1v) is 10.6. The molecule has 4 rings (SSSR count). The van der Waals surface area contributed by atoms with Crippen molar-refractivity contribution in [2.45, 2.75) is 26.2 Å². The van der Waals surface area contributed by atoms with Gasteiger partial charge in [-0.05, 0) is 46.8 Å². The van der Waals surface area contributed by atoms with E-state index in [2.05, 4.69) is 58.2 Å². The molecule has 3 aromatic rings. The van der Waals surface area contributed by atoms with Crippen LogP contribution in [0.2, 0.25) is 5.28 Å². The molecule has 0 saturated carbocycles. The minimum atomic E-state index is -0.317. The molecule has 7 nitrogen and oxygen atoms in total. The van der Waals surface area contributed by atoms with Crippen molar-refractivity contribution in [1.82, 2.24) is 19.9 Å². The van der Waals surface area contributed by atoms with Crippen LogP contribution >= 0.6 is 11.6 Å². The Hall–Kier alpha value is -3.00. The third kappa shape index (κ3) is 5.02. The first kappa shape index (κ1) is 21.2. The molecule has 0 radical (unpaired) electrons. The summed E-state index contributed by atoms with van der Waals surface area (Å²) in [5.41, 5.74) is 2.20. The lowest BCUT2D eigenvalue weighted by atomic mass is 9.87. The molecule has 3 heterocycles. The van der Waals surface area contributed by atoms with Crippen molar-refractivity contribution in [3.05, 3.63) is 59.3 Å². The van der Waals surface area contributed by atoms with Crippen LogP contribution in [0.1, 0.15) is 26.3 Å². The van der Waals surface area contributed by atoms with Crippen molar-refractivity contribution in [3.63, 3.8) is 0 Å². The van der Waals surface area contributed by atoms with E-state index in [-0.39, 0.29) is 16.5 Å². The molecule has 162 valence electrons. The summed E-state index contributed by atoms with van der Waals surface area (Å²) in [7, 11) is 0. The number of nitrogens with zero attached hydrogens (tertiary/aromatic N) is 6. The molecular formula is C22H25ClFN7. The van der Waals surface area contributed by atoms with E-state index in [0.29, 0.717) is 43.9 Å². The fraction of sp³-hybridized carbons (Fsp3) is 0.364. The third-order valence-corrected chi connectivity index (χ3v) is 5.37. The van der Waals surface area contributed by atoms with Gasteiger partial charge in [-0.15, -0.1) is 0 Å². The van der Waals surface area contributed by atoms with Crippen molar-refractivity contribution >= 4 is 35.0 Å². The first-order chi connectivity index (χ1) is 14.8. The van der Waals surface area contributed by atoms with Crippen LogP contribution < -0.4 is 15.1 Å². The van der Waals surface area contributed by atoms with Gasteiger partial charge in [-0.2, -0.15) is 15.0 Å². The van der Waals surface area contributed by atoms with Gasteiger partial charge in [0.1, 0.15) is 0 Å². The van der Waals surface area contributed by atoms with Gasteiger partial charge < -0.3 is 15.1 Å². The Morgan fingerprint density at radius 2 is 1.61 bits per heavy atom. The molecule has 31 heavy (non-hydrogen) atoms. The topological polar surface area (TPSA) is 70.1 Å². The van der Waals surface area contributed by atoms with Gasteiger partial charge >= 0.3 is 0 Å². The molecule has 0 spiro atoms. The standard InChI is InChI=1S/C22H25ClFN7/c1-22(2,3)15-6-8-16(9-7-15)26-20-27-19(23)28-21(29-20)31-13-11-30(12-14-31)18-17(24)5-4-10-25-18/h4-10H,11-14H2,1-3H3,(H,26,27,28,29). The van der Waals surface area contributed by atoms with E-state index >= 15 is 0 Å². The molecule has 1 aliphatic heterocycles. The van der Waals surface area contributed by atoms with E-state index in [0.717, 1.165) is 5.69 Å². The molecule has 0 amide bonds. The molecular weight excluding hydrogens is 417 g/mol. The number of rotatable bonds is 4. The molecule has 1 aliphatic rings. The zero-order chi connectivity index (χ0) is 22.0. The van der Waals surface area contributed by atoms with Crippen molar-refractivity contribution in [2.75, 3.05) is 41.3 Å². The van der Waals surface area contributed by atoms with Gasteiger partial charge in [-0.1, -0.05) is 32.9 Å². The summed E-state index contributed by atoms with van der Waals surface area (Å²) >= 11 is 6.17.